The molecule has 0 amide bonds. The third-order valence-electron chi connectivity index (χ3n) is 5.29. The predicted octanol–water partition coefficient (Wildman–Crippen LogP) is 2.32. The number of aliphatic hydroxyl groups is 1. The molecule has 0 bridgehead atoms. The third kappa shape index (κ3) is 6.11. The molecule has 1 aliphatic rings. The number of aliphatic hydroxyl groups excluding tert-OH is 1. The molecule has 27 heavy (non-hydrogen) atoms. The third-order valence-corrected chi connectivity index (χ3v) is 5.29. The van der Waals surface area contributed by atoms with Crippen molar-refractivity contribution in [2.45, 2.75) is 39.0 Å². The highest BCUT2D eigenvalue weighted by molar-refractivity contribution is 5.79. The van der Waals surface area contributed by atoms with E-state index >= 15 is 0 Å². The van der Waals surface area contributed by atoms with Crippen molar-refractivity contribution in [1.82, 2.24) is 10.6 Å². The van der Waals surface area contributed by atoms with Crippen LogP contribution in [0.25, 0.3) is 0 Å². The van der Waals surface area contributed by atoms with Crippen molar-refractivity contribution in [2.75, 3.05) is 46.6 Å². The molecule has 0 radical (unpaired) electrons. The lowest BCUT2D eigenvalue weighted by molar-refractivity contribution is 0.127. The van der Waals surface area contributed by atoms with E-state index in [0.717, 1.165) is 44.2 Å². The zero-order chi connectivity index (χ0) is 19.8. The first-order valence-electron chi connectivity index (χ1n) is 9.80. The monoisotopic (exact) mass is 377 g/mol. The summed E-state index contributed by atoms with van der Waals surface area (Å²) >= 11 is 0. The van der Waals surface area contributed by atoms with E-state index in [9.17, 15) is 5.11 Å². The maximum absolute atomic E-state index is 9.40. The summed E-state index contributed by atoms with van der Waals surface area (Å²) in [5.41, 5.74) is 1.08. The summed E-state index contributed by atoms with van der Waals surface area (Å²) in [6.45, 7) is 10.3. The van der Waals surface area contributed by atoms with Crippen LogP contribution in [-0.4, -0.2) is 57.6 Å². The number of nitrogens with zero attached hydrogens (tertiary/aromatic N) is 1. The van der Waals surface area contributed by atoms with Crippen LogP contribution in [0.5, 0.6) is 5.75 Å². The Kier molecular flexibility index (Phi) is 7.92. The molecule has 1 fully saturated rings. The SMILES string of the molecule is CCNC(=NCC(C)(C)c1cccc(OC)c1)NCC1(CCO)CCOC1. The van der Waals surface area contributed by atoms with Crippen molar-refractivity contribution < 1.29 is 14.6 Å². The van der Waals surface area contributed by atoms with Gasteiger partial charge in [0, 0.05) is 37.1 Å². The van der Waals surface area contributed by atoms with Crippen LogP contribution in [0.2, 0.25) is 0 Å². The number of hydrogen-bond acceptors (Lipinski definition) is 4. The van der Waals surface area contributed by atoms with Gasteiger partial charge in [-0.3, -0.25) is 4.99 Å². The second kappa shape index (κ2) is 9.95. The molecule has 6 heteroatoms. The number of benzene rings is 1. The predicted molar refractivity (Wildman–Crippen MR) is 110 cm³/mol. The van der Waals surface area contributed by atoms with Gasteiger partial charge in [-0.2, -0.15) is 0 Å². The number of hydrogen-bond donors (Lipinski definition) is 3. The zero-order valence-electron chi connectivity index (χ0n) is 17.2. The first-order chi connectivity index (χ1) is 12.9. The minimum atomic E-state index is -0.115. The maximum atomic E-state index is 9.40. The minimum absolute atomic E-state index is 0.00669. The molecule has 1 unspecified atom stereocenters. The van der Waals surface area contributed by atoms with E-state index in [1.54, 1.807) is 7.11 Å². The van der Waals surface area contributed by atoms with Gasteiger partial charge in [0.15, 0.2) is 5.96 Å². The average Bonchev–Trinajstić information content (AvgIpc) is 3.13. The largest absolute Gasteiger partial charge is 0.497 e. The maximum Gasteiger partial charge on any atom is 0.191 e. The Labute approximate surface area is 163 Å². The van der Waals surface area contributed by atoms with Gasteiger partial charge >= 0.3 is 0 Å². The van der Waals surface area contributed by atoms with E-state index in [1.807, 2.05) is 12.1 Å². The molecule has 1 aromatic rings. The topological polar surface area (TPSA) is 75.1 Å². The summed E-state index contributed by atoms with van der Waals surface area (Å²) in [5.74, 6) is 1.67. The van der Waals surface area contributed by atoms with E-state index in [-0.39, 0.29) is 17.4 Å². The van der Waals surface area contributed by atoms with Crippen LogP contribution in [0.15, 0.2) is 29.3 Å². The van der Waals surface area contributed by atoms with Crippen molar-refractivity contribution in [1.29, 1.82) is 0 Å². The van der Waals surface area contributed by atoms with Crippen LogP contribution in [0.4, 0.5) is 0 Å². The number of nitrogens with one attached hydrogen (secondary N) is 2. The van der Waals surface area contributed by atoms with Gasteiger partial charge in [-0.25, -0.2) is 0 Å². The molecule has 1 heterocycles. The van der Waals surface area contributed by atoms with Crippen molar-refractivity contribution in [3.63, 3.8) is 0 Å². The molecule has 152 valence electrons. The van der Waals surface area contributed by atoms with Gasteiger partial charge in [-0.05, 0) is 37.5 Å². The van der Waals surface area contributed by atoms with Gasteiger partial charge in [0.1, 0.15) is 5.75 Å². The Morgan fingerprint density at radius 1 is 1.37 bits per heavy atom. The molecule has 0 saturated carbocycles. The highest BCUT2D eigenvalue weighted by Crippen LogP contribution is 2.31. The lowest BCUT2D eigenvalue weighted by Crippen LogP contribution is -2.45. The molecule has 0 aliphatic carbocycles. The molecule has 1 atom stereocenters. The van der Waals surface area contributed by atoms with Crippen LogP contribution in [-0.2, 0) is 10.2 Å². The van der Waals surface area contributed by atoms with E-state index in [1.165, 1.54) is 5.56 Å². The number of rotatable bonds is 9. The van der Waals surface area contributed by atoms with Gasteiger partial charge in [-0.15, -0.1) is 0 Å². The van der Waals surface area contributed by atoms with Crippen LogP contribution in [0.1, 0.15) is 39.2 Å². The quantitative estimate of drug-likeness (QED) is 0.455. The number of aliphatic imine (C=N–C) groups is 1. The lowest BCUT2D eigenvalue weighted by atomic mass is 9.84. The Morgan fingerprint density at radius 3 is 2.81 bits per heavy atom. The van der Waals surface area contributed by atoms with Gasteiger partial charge in [0.05, 0.1) is 20.3 Å². The molecule has 1 saturated heterocycles. The van der Waals surface area contributed by atoms with Crippen LogP contribution < -0.4 is 15.4 Å². The Bertz CT molecular complexity index is 610. The number of methoxy groups -OCH3 is 1. The number of ether oxygens (including phenoxy) is 2. The average molecular weight is 378 g/mol. The lowest BCUT2D eigenvalue weighted by Gasteiger charge is -2.28. The Balaban J connectivity index is 2.04. The molecular weight excluding hydrogens is 342 g/mol. The summed E-state index contributed by atoms with van der Waals surface area (Å²) in [7, 11) is 1.69. The van der Waals surface area contributed by atoms with Gasteiger partial charge in [-0.1, -0.05) is 26.0 Å². The van der Waals surface area contributed by atoms with Crippen molar-refractivity contribution in [3.8, 4) is 5.75 Å². The van der Waals surface area contributed by atoms with E-state index in [0.29, 0.717) is 13.2 Å². The first-order valence-corrected chi connectivity index (χ1v) is 9.80. The summed E-state index contributed by atoms with van der Waals surface area (Å²) < 4.78 is 10.9. The van der Waals surface area contributed by atoms with E-state index in [2.05, 4.69) is 43.5 Å². The fourth-order valence-electron chi connectivity index (χ4n) is 3.34. The molecule has 3 N–H and O–H groups in total. The molecule has 1 aliphatic heterocycles. The highest BCUT2D eigenvalue weighted by atomic mass is 16.5. The second-order valence-corrected chi connectivity index (χ2v) is 7.94. The van der Waals surface area contributed by atoms with Gasteiger partial charge < -0.3 is 25.2 Å². The smallest absolute Gasteiger partial charge is 0.191 e. The van der Waals surface area contributed by atoms with E-state index < -0.39 is 0 Å². The molecule has 2 rings (SSSR count). The van der Waals surface area contributed by atoms with Crippen molar-refractivity contribution in [2.24, 2.45) is 10.4 Å². The molecular formula is C21H35N3O3. The zero-order valence-corrected chi connectivity index (χ0v) is 17.2. The summed E-state index contributed by atoms with van der Waals surface area (Å²) in [6, 6.07) is 8.16. The minimum Gasteiger partial charge on any atom is -0.497 e. The number of guanidine groups is 1. The second-order valence-electron chi connectivity index (χ2n) is 7.94. The fraction of sp³-hybridized carbons (Fsp3) is 0.667. The Hall–Kier alpha value is -1.79. The van der Waals surface area contributed by atoms with Crippen molar-refractivity contribution >= 4 is 5.96 Å². The summed E-state index contributed by atoms with van der Waals surface area (Å²) in [4.78, 5) is 4.82. The van der Waals surface area contributed by atoms with Crippen molar-refractivity contribution in [3.05, 3.63) is 29.8 Å². The van der Waals surface area contributed by atoms with E-state index in [4.69, 9.17) is 14.5 Å². The van der Waals surface area contributed by atoms with Crippen LogP contribution in [0, 0.1) is 5.41 Å². The van der Waals surface area contributed by atoms with Gasteiger partial charge in [0.25, 0.3) is 0 Å². The molecule has 0 spiro atoms. The van der Waals surface area contributed by atoms with Crippen LogP contribution >= 0.6 is 0 Å². The Morgan fingerprint density at radius 2 is 2.19 bits per heavy atom. The fourth-order valence-corrected chi connectivity index (χ4v) is 3.34. The summed E-state index contributed by atoms with van der Waals surface area (Å²) in [5, 5.41) is 16.2. The standard InChI is InChI=1S/C21H35N3O3/c1-5-22-19(24-15-21(9-11-25)10-12-27-16-21)23-14-20(2,3)17-7-6-8-18(13-17)26-4/h6-8,13,25H,5,9-12,14-16H2,1-4H3,(H2,22,23,24). The highest BCUT2D eigenvalue weighted by Gasteiger charge is 2.34. The first kappa shape index (κ1) is 21.5. The van der Waals surface area contributed by atoms with Gasteiger partial charge in [0.2, 0.25) is 0 Å². The normalized spacial score (nSPS) is 20.6. The molecule has 1 aromatic carbocycles. The summed E-state index contributed by atoms with van der Waals surface area (Å²) in [6.07, 6.45) is 1.71. The van der Waals surface area contributed by atoms with Crippen LogP contribution in [0.3, 0.4) is 0 Å². The molecule has 0 aromatic heterocycles. The molecule has 6 nitrogen and oxygen atoms in total.